The van der Waals surface area contributed by atoms with Gasteiger partial charge in [0.05, 0.1) is 11.9 Å². The molecule has 9 heteroatoms. The summed E-state index contributed by atoms with van der Waals surface area (Å²) in [6.07, 6.45) is 1.18. The number of benzene rings is 2. The second-order valence-corrected chi connectivity index (χ2v) is 7.79. The van der Waals surface area contributed by atoms with Crippen molar-refractivity contribution < 1.29 is 22.4 Å². The number of anilines is 2. The second-order valence-electron chi connectivity index (χ2n) is 5.88. The topological polar surface area (TPSA) is 110 Å². The molecule has 0 aromatic heterocycles. The molecule has 2 aromatic rings. The molecule has 144 valence electrons. The predicted molar refractivity (Wildman–Crippen MR) is 101 cm³/mol. The number of sulfonamides is 1. The molecule has 0 fully saturated rings. The molecule has 0 heterocycles. The Morgan fingerprint density at radius 2 is 1.85 bits per heavy atom. The summed E-state index contributed by atoms with van der Waals surface area (Å²) in [6, 6.07) is 11.7. The number of carbonyl (C=O) groups excluding carboxylic acids is 2. The van der Waals surface area contributed by atoms with E-state index in [0.29, 0.717) is 5.69 Å². The third kappa shape index (κ3) is 5.78. The highest BCUT2D eigenvalue weighted by atomic mass is 32.2. The number of carbonyl (C=O) groups is 2. The smallest absolute Gasteiger partial charge is 0.248 e. The number of hydrogen-bond donors (Lipinski definition) is 2. The number of nitrogens with two attached hydrogens (primary N) is 1. The van der Waals surface area contributed by atoms with Crippen LogP contribution in [0, 0.1) is 5.82 Å². The van der Waals surface area contributed by atoms with E-state index in [-0.39, 0.29) is 36.5 Å². The zero-order valence-corrected chi connectivity index (χ0v) is 15.5. The zero-order valence-electron chi connectivity index (χ0n) is 14.7. The maximum absolute atomic E-state index is 13.9. The number of hydrogen-bond acceptors (Lipinski definition) is 4. The van der Waals surface area contributed by atoms with E-state index in [2.05, 4.69) is 5.32 Å². The number of primary amides is 1. The van der Waals surface area contributed by atoms with Gasteiger partial charge in [0.15, 0.2) is 0 Å². The first-order valence-corrected chi connectivity index (χ1v) is 9.95. The van der Waals surface area contributed by atoms with E-state index in [1.807, 2.05) is 0 Å². The van der Waals surface area contributed by atoms with Gasteiger partial charge in [-0.05, 0) is 36.8 Å². The Morgan fingerprint density at radius 3 is 2.48 bits per heavy atom. The molecule has 2 rings (SSSR count). The zero-order chi connectivity index (χ0) is 20.0. The predicted octanol–water partition coefficient (Wildman–Crippen LogP) is 2.11. The van der Waals surface area contributed by atoms with Gasteiger partial charge in [0.1, 0.15) is 5.82 Å². The van der Waals surface area contributed by atoms with Crippen LogP contribution in [0.1, 0.15) is 23.2 Å². The minimum absolute atomic E-state index is 0.0152. The third-order valence-corrected chi connectivity index (χ3v) is 4.90. The molecule has 0 bridgehead atoms. The molecular weight excluding hydrogens is 373 g/mol. The van der Waals surface area contributed by atoms with Crippen LogP contribution in [0.15, 0.2) is 48.5 Å². The van der Waals surface area contributed by atoms with Crippen LogP contribution < -0.4 is 15.4 Å². The van der Waals surface area contributed by atoms with Gasteiger partial charge >= 0.3 is 0 Å². The molecule has 0 aliphatic heterocycles. The maximum atomic E-state index is 13.9. The quantitative estimate of drug-likeness (QED) is 0.716. The standard InChI is InChI=1S/C18H20FN3O4S/c1-27(25,26)22(16-9-3-2-8-15(16)19)11-5-10-17(23)21-14-7-4-6-13(12-14)18(20)24/h2-4,6-9,12H,5,10-11H2,1H3,(H2,20,24)(H,21,23). The van der Waals surface area contributed by atoms with Crippen molar-refractivity contribution in [2.24, 2.45) is 5.73 Å². The molecule has 0 spiro atoms. The molecule has 0 aliphatic carbocycles. The fourth-order valence-corrected chi connectivity index (χ4v) is 3.44. The molecule has 3 N–H and O–H groups in total. The minimum Gasteiger partial charge on any atom is -0.366 e. The third-order valence-electron chi connectivity index (χ3n) is 3.72. The first-order chi connectivity index (χ1) is 12.7. The summed E-state index contributed by atoms with van der Waals surface area (Å²) < 4.78 is 38.8. The van der Waals surface area contributed by atoms with Crippen molar-refractivity contribution in [3.63, 3.8) is 0 Å². The summed E-state index contributed by atoms with van der Waals surface area (Å²) in [5.74, 6) is -1.63. The summed E-state index contributed by atoms with van der Waals surface area (Å²) in [4.78, 5) is 23.2. The van der Waals surface area contributed by atoms with Crippen LogP contribution in [0.5, 0.6) is 0 Å². The Balaban J connectivity index is 1.99. The van der Waals surface area contributed by atoms with Crippen molar-refractivity contribution in [2.45, 2.75) is 12.8 Å². The average molecular weight is 393 g/mol. The SMILES string of the molecule is CS(=O)(=O)N(CCCC(=O)Nc1cccc(C(N)=O)c1)c1ccccc1F. The van der Waals surface area contributed by atoms with Gasteiger partial charge in [0.25, 0.3) is 0 Å². The summed E-state index contributed by atoms with van der Waals surface area (Å²) in [5, 5.41) is 2.61. The molecule has 0 saturated carbocycles. The average Bonchev–Trinajstić information content (AvgIpc) is 2.59. The van der Waals surface area contributed by atoms with Crippen molar-refractivity contribution >= 4 is 33.2 Å². The van der Waals surface area contributed by atoms with Crippen molar-refractivity contribution in [3.05, 3.63) is 59.9 Å². The second kappa shape index (κ2) is 8.63. The first kappa shape index (κ1) is 20.4. The van der Waals surface area contributed by atoms with E-state index < -0.39 is 21.7 Å². The number of nitrogens with one attached hydrogen (secondary N) is 1. The molecule has 0 saturated heterocycles. The first-order valence-electron chi connectivity index (χ1n) is 8.10. The minimum atomic E-state index is -3.70. The molecule has 2 amide bonds. The Morgan fingerprint density at radius 1 is 1.15 bits per heavy atom. The number of amides is 2. The van der Waals surface area contributed by atoms with Gasteiger partial charge in [0.2, 0.25) is 21.8 Å². The van der Waals surface area contributed by atoms with E-state index in [9.17, 15) is 22.4 Å². The number of para-hydroxylation sites is 1. The lowest BCUT2D eigenvalue weighted by Gasteiger charge is -2.22. The molecule has 0 unspecified atom stereocenters. The van der Waals surface area contributed by atoms with E-state index in [4.69, 9.17) is 5.73 Å². The van der Waals surface area contributed by atoms with Crippen molar-refractivity contribution in [1.29, 1.82) is 0 Å². The summed E-state index contributed by atoms with van der Waals surface area (Å²) in [5.41, 5.74) is 5.80. The summed E-state index contributed by atoms with van der Waals surface area (Å²) in [7, 11) is -3.70. The lowest BCUT2D eigenvalue weighted by atomic mass is 10.2. The Hall–Kier alpha value is -2.94. The van der Waals surface area contributed by atoms with Crippen LogP contribution in [0.2, 0.25) is 0 Å². The van der Waals surface area contributed by atoms with Crippen LogP contribution in [0.25, 0.3) is 0 Å². The van der Waals surface area contributed by atoms with E-state index in [1.54, 1.807) is 12.1 Å². The molecule has 0 atom stereocenters. The fraction of sp³-hybridized carbons (Fsp3) is 0.222. The van der Waals surface area contributed by atoms with Crippen LogP contribution in [-0.4, -0.2) is 33.0 Å². The van der Waals surface area contributed by atoms with Gasteiger partial charge in [-0.2, -0.15) is 0 Å². The van der Waals surface area contributed by atoms with Crippen LogP contribution in [0.4, 0.5) is 15.8 Å². The molecular formula is C18H20FN3O4S. The highest BCUT2D eigenvalue weighted by Crippen LogP contribution is 2.22. The van der Waals surface area contributed by atoms with Crippen LogP contribution >= 0.6 is 0 Å². The molecule has 0 radical (unpaired) electrons. The van der Waals surface area contributed by atoms with Crippen LogP contribution in [0.3, 0.4) is 0 Å². The number of rotatable bonds is 8. The summed E-state index contributed by atoms with van der Waals surface area (Å²) >= 11 is 0. The van der Waals surface area contributed by atoms with Gasteiger partial charge in [-0.3, -0.25) is 13.9 Å². The maximum Gasteiger partial charge on any atom is 0.248 e. The van der Waals surface area contributed by atoms with E-state index in [0.717, 1.165) is 10.6 Å². The van der Waals surface area contributed by atoms with Gasteiger partial charge in [-0.25, -0.2) is 12.8 Å². The molecule has 0 aliphatic rings. The lowest BCUT2D eigenvalue weighted by molar-refractivity contribution is -0.116. The van der Waals surface area contributed by atoms with Gasteiger partial charge in [-0.1, -0.05) is 18.2 Å². The van der Waals surface area contributed by atoms with Crippen molar-refractivity contribution in [2.75, 3.05) is 22.4 Å². The molecule has 7 nitrogen and oxygen atoms in total. The van der Waals surface area contributed by atoms with Gasteiger partial charge in [0, 0.05) is 24.2 Å². The highest BCUT2D eigenvalue weighted by Gasteiger charge is 2.20. The Labute approximate surface area is 157 Å². The molecule has 27 heavy (non-hydrogen) atoms. The summed E-state index contributed by atoms with van der Waals surface area (Å²) in [6.45, 7) is -0.0471. The van der Waals surface area contributed by atoms with Gasteiger partial charge < -0.3 is 11.1 Å². The Bertz CT molecular complexity index is 947. The van der Waals surface area contributed by atoms with Crippen molar-refractivity contribution in [1.82, 2.24) is 0 Å². The van der Waals surface area contributed by atoms with Crippen molar-refractivity contribution in [3.8, 4) is 0 Å². The molecule has 2 aromatic carbocycles. The van der Waals surface area contributed by atoms with Crippen LogP contribution in [-0.2, 0) is 14.8 Å². The van der Waals surface area contributed by atoms with Gasteiger partial charge in [-0.15, -0.1) is 0 Å². The number of halogens is 1. The Kier molecular flexibility index (Phi) is 6.51. The normalized spacial score (nSPS) is 11.0. The largest absolute Gasteiger partial charge is 0.366 e. The van der Waals surface area contributed by atoms with E-state index >= 15 is 0 Å². The van der Waals surface area contributed by atoms with E-state index in [1.165, 1.54) is 36.4 Å². The monoisotopic (exact) mass is 393 g/mol. The highest BCUT2D eigenvalue weighted by molar-refractivity contribution is 7.92. The lowest BCUT2D eigenvalue weighted by Crippen LogP contribution is -2.32. The number of nitrogens with zero attached hydrogens (tertiary/aromatic N) is 1. The fourth-order valence-electron chi connectivity index (χ4n) is 2.48.